The van der Waals surface area contributed by atoms with Crippen LogP contribution < -0.4 is 0 Å². The molecule has 0 saturated heterocycles. The van der Waals surface area contributed by atoms with E-state index < -0.39 is 23.8 Å². The van der Waals surface area contributed by atoms with E-state index in [0.717, 1.165) is 25.7 Å². The molecule has 0 saturated carbocycles. The van der Waals surface area contributed by atoms with Gasteiger partial charge in [-0.2, -0.15) is 0 Å². The van der Waals surface area contributed by atoms with Crippen molar-refractivity contribution in [1.82, 2.24) is 0 Å². The molecule has 0 fully saturated rings. The van der Waals surface area contributed by atoms with Crippen LogP contribution in [0.1, 0.15) is 58.8 Å². The molecule has 0 rings (SSSR count). The van der Waals surface area contributed by atoms with Crippen molar-refractivity contribution in [2.45, 2.75) is 58.8 Å². The van der Waals surface area contributed by atoms with Crippen LogP contribution in [0.3, 0.4) is 0 Å². The van der Waals surface area contributed by atoms with Gasteiger partial charge in [0, 0.05) is 0 Å². The average molecular weight is 244 g/mol. The van der Waals surface area contributed by atoms with E-state index in [1.54, 1.807) is 0 Å². The second-order valence-electron chi connectivity index (χ2n) is 4.53. The first kappa shape index (κ1) is 15.9. The second-order valence-corrected chi connectivity index (χ2v) is 4.53. The van der Waals surface area contributed by atoms with Crippen molar-refractivity contribution in [3.63, 3.8) is 0 Å². The summed E-state index contributed by atoms with van der Waals surface area (Å²) in [7, 11) is 0. The molecule has 4 heteroatoms. The molecule has 4 nitrogen and oxygen atoms in total. The number of hydrogen-bond donors (Lipinski definition) is 2. The molecule has 0 aliphatic rings. The summed E-state index contributed by atoms with van der Waals surface area (Å²) >= 11 is 0. The summed E-state index contributed by atoms with van der Waals surface area (Å²) in [6, 6.07) is 0. The lowest BCUT2D eigenvalue weighted by Gasteiger charge is -2.19. The van der Waals surface area contributed by atoms with Gasteiger partial charge in [-0.3, -0.25) is 9.59 Å². The van der Waals surface area contributed by atoms with Crippen molar-refractivity contribution in [2.75, 3.05) is 0 Å². The second kappa shape index (κ2) is 9.02. The number of carboxylic acid groups (broad SMARTS) is 2. The van der Waals surface area contributed by atoms with E-state index in [4.69, 9.17) is 10.2 Å². The fraction of sp³-hybridized carbons (Fsp3) is 0.846. The van der Waals surface area contributed by atoms with E-state index in [1.165, 1.54) is 0 Å². The maximum Gasteiger partial charge on any atom is 0.307 e. The lowest BCUT2D eigenvalue weighted by molar-refractivity contribution is -0.154. The highest BCUT2D eigenvalue weighted by atomic mass is 16.4. The molecule has 0 heterocycles. The first-order valence-electron chi connectivity index (χ1n) is 6.50. The number of unbranched alkanes of at least 4 members (excludes halogenated alkanes) is 3. The summed E-state index contributed by atoms with van der Waals surface area (Å²) in [4.78, 5) is 22.2. The van der Waals surface area contributed by atoms with Crippen molar-refractivity contribution in [1.29, 1.82) is 0 Å². The zero-order valence-corrected chi connectivity index (χ0v) is 10.8. The van der Waals surface area contributed by atoms with Gasteiger partial charge in [-0.15, -0.1) is 0 Å². The average Bonchev–Trinajstić information content (AvgIpc) is 2.26. The predicted octanol–water partition coefficient (Wildman–Crippen LogP) is 3.16. The van der Waals surface area contributed by atoms with Crippen molar-refractivity contribution in [3.8, 4) is 0 Å². The topological polar surface area (TPSA) is 74.6 Å². The van der Waals surface area contributed by atoms with Crippen molar-refractivity contribution in [3.05, 3.63) is 0 Å². The van der Waals surface area contributed by atoms with Crippen LogP contribution in [0.4, 0.5) is 0 Å². The molecule has 2 unspecified atom stereocenters. The van der Waals surface area contributed by atoms with Crippen LogP contribution >= 0.6 is 0 Å². The lowest BCUT2D eigenvalue weighted by atomic mass is 9.84. The summed E-state index contributed by atoms with van der Waals surface area (Å²) in [6.07, 6.45) is 5.59. The van der Waals surface area contributed by atoms with Crippen LogP contribution in [-0.2, 0) is 9.59 Å². The summed E-state index contributed by atoms with van der Waals surface area (Å²) in [6.45, 7) is 3.97. The highest BCUT2D eigenvalue weighted by molar-refractivity contribution is 5.79. The van der Waals surface area contributed by atoms with Crippen molar-refractivity contribution < 1.29 is 19.8 Å². The molecule has 0 spiro atoms. The van der Waals surface area contributed by atoms with E-state index >= 15 is 0 Å². The molecule has 0 aromatic heterocycles. The smallest absolute Gasteiger partial charge is 0.307 e. The minimum atomic E-state index is -0.977. The Morgan fingerprint density at radius 2 is 1.35 bits per heavy atom. The van der Waals surface area contributed by atoms with Crippen LogP contribution in [0.5, 0.6) is 0 Å². The Morgan fingerprint density at radius 3 is 1.76 bits per heavy atom. The molecule has 0 bridgehead atoms. The van der Waals surface area contributed by atoms with Crippen LogP contribution in [-0.4, -0.2) is 22.2 Å². The normalized spacial score (nSPS) is 14.2. The number of carbonyl (C=O) groups is 2. The Labute approximate surface area is 103 Å². The third-order valence-corrected chi connectivity index (χ3v) is 3.09. The molecule has 0 aliphatic carbocycles. The largest absolute Gasteiger partial charge is 0.481 e. The first-order chi connectivity index (χ1) is 8.04. The number of aliphatic carboxylic acids is 2. The monoisotopic (exact) mass is 244 g/mol. The van der Waals surface area contributed by atoms with Crippen LogP contribution in [0, 0.1) is 11.8 Å². The number of rotatable bonds is 10. The molecule has 0 aromatic rings. The predicted molar refractivity (Wildman–Crippen MR) is 65.9 cm³/mol. The summed E-state index contributed by atoms with van der Waals surface area (Å²) in [5.41, 5.74) is 0. The molecule has 0 aliphatic heterocycles. The Bertz CT molecular complexity index is 238. The van der Waals surface area contributed by atoms with Gasteiger partial charge in [0.2, 0.25) is 0 Å². The Balaban J connectivity index is 4.36. The van der Waals surface area contributed by atoms with Gasteiger partial charge in [-0.25, -0.2) is 0 Å². The maximum absolute atomic E-state index is 11.1. The van der Waals surface area contributed by atoms with E-state index in [0.29, 0.717) is 19.3 Å². The van der Waals surface area contributed by atoms with Crippen LogP contribution in [0.25, 0.3) is 0 Å². The van der Waals surface area contributed by atoms with Gasteiger partial charge in [-0.1, -0.05) is 46.0 Å². The summed E-state index contributed by atoms with van der Waals surface area (Å²) in [5, 5.41) is 18.2. The van der Waals surface area contributed by atoms with E-state index in [2.05, 4.69) is 6.92 Å². The Hall–Kier alpha value is -1.06. The summed E-state index contributed by atoms with van der Waals surface area (Å²) in [5.74, 6) is -3.42. The molecule has 17 heavy (non-hydrogen) atoms. The van der Waals surface area contributed by atoms with Crippen LogP contribution in [0.2, 0.25) is 0 Å². The minimum Gasteiger partial charge on any atom is -0.481 e. The standard InChI is InChI=1S/C13H24O4/c1-3-5-6-7-9-11(13(16)17)10(8-4-2)12(14)15/h10-11H,3-9H2,1-2H3,(H,14,15)(H,16,17). The van der Waals surface area contributed by atoms with E-state index in [-0.39, 0.29) is 0 Å². The van der Waals surface area contributed by atoms with Gasteiger partial charge >= 0.3 is 11.9 Å². The molecule has 2 N–H and O–H groups in total. The van der Waals surface area contributed by atoms with Gasteiger partial charge in [0.15, 0.2) is 0 Å². The molecular weight excluding hydrogens is 220 g/mol. The zero-order valence-electron chi connectivity index (χ0n) is 10.8. The lowest BCUT2D eigenvalue weighted by Crippen LogP contribution is -2.29. The van der Waals surface area contributed by atoms with Gasteiger partial charge in [-0.05, 0) is 12.8 Å². The minimum absolute atomic E-state index is 0.445. The molecule has 0 radical (unpaired) electrons. The number of hydrogen-bond acceptors (Lipinski definition) is 2. The fourth-order valence-electron chi connectivity index (χ4n) is 2.10. The molecule has 100 valence electrons. The van der Waals surface area contributed by atoms with Gasteiger partial charge < -0.3 is 10.2 Å². The zero-order chi connectivity index (χ0) is 13.3. The Kier molecular flexibility index (Phi) is 8.46. The summed E-state index contributed by atoms with van der Waals surface area (Å²) < 4.78 is 0. The highest BCUT2D eigenvalue weighted by Gasteiger charge is 2.32. The van der Waals surface area contributed by atoms with Crippen LogP contribution in [0.15, 0.2) is 0 Å². The first-order valence-corrected chi connectivity index (χ1v) is 6.50. The molecule has 0 amide bonds. The highest BCUT2D eigenvalue weighted by Crippen LogP contribution is 2.24. The Morgan fingerprint density at radius 1 is 0.824 bits per heavy atom. The van der Waals surface area contributed by atoms with Gasteiger partial charge in [0.25, 0.3) is 0 Å². The van der Waals surface area contributed by atoms with Crippen molar-refractivity contribution >= 4 is 11.9 Å². The molecule has 2 atom stereocenters. The fourth-order valence-corrected chi connectivity index (χ4v) is 2.10. The molecule has 0 aromatic carbocycles. The maximum atomic E-state index is 11.1. The third kappa shape index (κ3) is 6.29. The van der Waals surface area contributed by atoms with Crippen molar-refractivity contribution in [2.24, 2.45) is 11.8 Å². The third-order valence-electron chi connectivity index (χ3n) is 3.09. The van der Waals surface area contributed by atoms with Gasteiger partial charge in [0.1, 0.15) is 0 Å². The SMILES string of the molecule is CCCCCCC(C(=O)O)C(CCC)C(=O)O. The van der Waals surface area contributed by atoms with E-state index in [9.17, 15) is 9.59 Å². The molecular formula is C13H24O4. The van der Waals surface area contributed by atoms with E-state index in [1.807, 2.05) is 6.92 Å². The number of carboxylic acids is 2. The van der Waals surface area contributed by atoms with Gasteiger partial charge in [0.05, 0.1) is 11.8 Å². The quantitative estimate of drug-likeness (QED) is 0.579.